The Morgan fingerprint density at radius 2 is 0.591 bits per heavy atom. The first-order valence-electron chi connectivity index (χ1n) is 24.1. The first-order valence-corrected chi connectivity index (χ1v) is 26.3. The summed E-state index contributed by atoms with van der Waals surface area (Å²) in [5.74, 6) is 3.20. The maximum absolute atomic E-state index is 7.33. The summed E-state index contributed by atoms with van der Waals surface area (Å²) in [5, 5.41) is 0. The van der Waals surface area contributed by atoms with Gasteiger partial charge in [0, 0.05) is 44.5 Å². The maximum Gasteiger partial charge on any atom is 0.463 e. The van der Waals surface area contributed by atoms with Crippen molar-refractivity contribution in [1.82, 2.24) is 0 Å². The zero-order chi connectivity index (χ0) is 49.7. The second kappa shape index (κ2) is 17.4. The lowest BCUT2D eigenvalue weighted by molar-refractivity contribution is 0.228. The third-order valence-electron chi connectivity index (χ3n) is 12.8. The SMILES string of the molecule is CC(C)(C)c1cc2c(c(C(C)(C)C)c1)OP(Oc1c(-c3cc(C(C)(C)C)cc(C(C)(C)C)c3OP3OCc4cc(C(C)(C)C)cc(C(C)(C)C)c4O3)cc(C(C)(C)C)cc1C(C)(C)C)OC2. The van der Waals surface area contributed by atoms with Gasteiger partial charge in [-0.3, -0.25) is 9.05 Å². The molecule has 0 amide bonds. The zero-order valence-corrected chi connectivity index (χ0v) is 47.2. The van der Waals surface area contributed by atoms with E-state index in [9.17, 15) is 0 Å². The van der Waals surface area contributed by atoms with Crippen LogP contribution in [0.2, 0.25) is 0 Å². The Balaban J connectivity index is 1.61. The summed E-state index contributed by atoms with van der Waals surface area (Å²) in [6, 6.07) is 18.4. The summed E-state index contributed by atoms with van der Waals surface area (Å²) >= 11 is 0. The molecule has 2 heterocycles. The molecule has 0 saturated carbocycles. The second-order valence-electron chi connectivity index (χ2n) is 27.2. The molecule has 0 aromatic heterocycles. The number of hydrogen-bond acceptors (Lipinski definition) is 6. The van der Waals surface area contributed by atoms with Crippen LogP contribution in [0, 0.1) is 0 Å². The third-order valence-corrected chi connectivity index (χ3v) is 14.8. The van der Waals surface area contributed by atoms with E-state index in [0.29, 0.717) is 13.2 Å². The summed E-state index contributed by atoms with van der Waals surface area (Å²) in [4.78, 5) is 0. The molecular weight excluding hydrogens is 855 g/mol. The molecular formula is C58H84O6P2. The van der Waals surface area contributed by atoms with Gasteiger partial charge >= 0.3 is 17.2 Å². The van der Waals surface area contributed by atoms with Gasteiger partial charge in [0.2, 0.25) is 0 Å². The third kappa shape index (κ3) is 11.3. The van der Waals surface area contributed by atoms with Gasteiger partial charge in [0.15, 0.2) is 0 Å². The summed E-state index contributed by atoms with van der Waals surface area (Å²) in [6.45, 7) is 55.1. The van der Waals surface area contributed by atoms with Crippen molar-refractivity contribution >= 4 is 17.2 Å². The topological polar surface area (TPSA) is 55.4 Å². The Morgan fingerprint density at radius 1 is 0.333 bits per heavy atom. The smallest absolute Gasteiger partial charge is 0.417 e. The lowest BCUT2D eigenvalue weighted by Crippen LogP contribution is -2.22. The van der Waals surface area contributed by atoms with Gasteiger partial charge in [-0.25, -0.2) is 0 Å². The normalized spacial score (nSPS) is 17.7. The first-order chi connectivity index (χ1) is 29.7. The molecule has 2 aliphatic heterocycles. The Kier molecular flexibility index (Phi) is 13.7. The standard InChI is InChI=1S/C58H84O6P2/c1-51(2,3)37-25-35-33-59-65(61-47(35)43(29-37)55(13,14)15)63-49-41(27-39(53(7,8)9)31-45(49)57(19,20)21)42-28-40(54(10,11)12)32-46(58(22,23)24)50(42)64-66-60-34-36-26-38(52(4,5)6)30-44(48(36)62-66)56(16,17)18/h25-32H,33-34H2,1-24H3. The van der Waals surface area contributed by atoms with Crippen LogP contribution in [0.1, 0.15) is 222 Å². The molecule has 0 bridgehead atoms. The van der Waals surface area contributed by atoms with E-state index in [1.54, 1.807) is 0 Å². The lowest BCUT2D eigenvalue weighted by Gasteiger charge is -2.36. The quantitative estimate of drug-likeness (QED) is 0.186. The number of benzene rings is 4. The molecule has 362 valence electrons. The van der Waals surface area contributed by atoms with Crippen molar-refractivity contribution in [1.29, 1.82) is 0 Å². The van der Waals surface area contributed by atoms with Crippen LogP contribution < -0.4 is 18.1 Å². The van der Waals surface area contributed by atoms with E-state index in [1.165, 1.54) is 22.3 Å². The fourth-order valence-electron chi connectivity index (χ4n) is 8.31. The van der Waals surface area contributed by atoms with Crippen LogP contribution >= 0.6 is 17.2 Å². The van der Waals surface area contributed by atoms with Crippen molar-refractivity contribution in [3.63, 3.8) is 0 Å². The van der Waals surface area contributed by atoms with Crippen LogP contribution in [-0.4, -0.2) is 0 Å². The number of rotatable bonds is 5. The summed E-state index contributed by atoms with van der Waals surface area (Å²) in [5.41, 5.74) is 11.9. The van der Waals surface area contributed by atoms with Crippen LogP contribution in [0.5, 0.6) is 23.0 Å². The highest BCUT2D eigenvalue weighted by Crippen LogP contribution is 2.59. The zero-order valence-electron chi connectivity index (χ0n) is 45.4. The van der Waals surface area contributed by atoms with Gasteiger partial charge in [0.05, 0.1) is 13.2 Å². The Labute approximate surface area is 403 Å². The molecule has 66 heavy (non-hydrogen) atoms. The van der Waals surface area contributed by atoms with Gasteiger partial charge in [0.25, 0.3) is 0 Å². The summed E-state index contributed by atoms with van der Waals surface area (Å²) in [7, 11) is -3.74. The van der Waals surface area contributed by atoms with Crippen molar-refractivity contribution < 1.29 is 27.1 Å². The monoisotopic (exact) mass is 939 g/mol. The van der Waals surface area contributed by atoms with Gasteiger partial charge in [-0.05, 0) is 89.8 Å². The molecule has 2 aliphatic rings. The van der Waals surface area contributed by atoms with Gasteiger partial charge in [-0.2, -0.15) is 0 Å². The largest absolute Gasteiger partial charge is 0.463 e. The average Bonchev–Trinajstić information content (AvgIpc) is 3.13. The highest BCUT2D eigenvalue weighted by Gasteiger charge is 2.39. The molecule has 0 N–H and O–H groups in total. The molecule has 4 aromatic carbocycles. The molecule has 2 atom stereocenters. The fourth-order valence-corrected chi connectivity index (χ4v) is 10.5. The van der Waals surface area contributed by atoms with Crippen LogP contribution in [-0.2, 0) is 65.6 Å². The predicted molar refractivity (Wildman–Crippen MR) is 280 cm³/mol. The van der Waals surface area contributed by atoms with E-state index >= 15 is 0 Å². The summed E-state index contributed by atoms with van der Waals surface area (Å²) in [6.07, 6.45) is 0. The van der Waals surface area contributed by atoms with Crippen molar-refractivity contribution in [2.75, 3.05) is 0 Å². The van der Waals surface area contributed by atoms with Crippen LogP contribution in [0.25, 0.3) is 11.1 Å². The maximum atomic E-state index is 7.33. The van der Waals surface area contributed by atoms with Crippen molar-refractivity contribution in [3.8, 4) is 34.1 Å². The van der Waals surface area contributed by atoms with Gasteiger partial charge in [-0.1, -0.05) is 190 Å². The van der Waals surface area contributed by atoms with E-state index in [4.69, 9.17) is 27.1 Å². The second-order valence-corrected chi connectivity index (χ2v) is 29.3. The summed E-state index contributed by atoms with van der Waals surface area (Å²) < 4.78 is 41.9. The number of hydrogen-bond donors (Lipinski definition) is 0. The van der Waals surface area contributed by atoms with Gasteiger partial charge < -0.3 is 18.1 Å². The lowest BCUT2D eigenvalue weighted by atomic mass is 9.75. The fraction of sp³-hybridized carbons (Fsp3) is 0.586. The molecule has 0 saturated heterocycles. The van der Waals surface area contributed by atoms with Crippen molar-refractivity contribution in [3.05, 3.63) is 104 Å². The molecule has 8 heteroatoms. The molecule has 0 aliphatic carbocycles. The minimum Gasteiger partial charge on any atom is -0.417 e. The molecule has 6 rings (SSSR count). The Morgan fingerprint density at radius 3 is 0.848 bits per heavy atom. The van der Waals surface area contributed by atoms with Gasteiger partial charge in [-0.15, -0.1) is 0 Å². The van der Waals surface area contributed by atoms with Crippen LogP contribution in [0.15, 0.2) is 48.5 Å². The van der Waals surface area contributed by atoms with E-state index in [0.717, 1.165) is 67.5 Å². The highest BCUT2D eigenvalue weighted by atomic mass is 31.2. The molecule has 4 aromatic rings. The molecule has 2 unspecified atom stereocenters. The molecule has 0 radical (unpaired) electrons. The van der Waals surface area contributed by atoms with E-state index in [-0.39, 0.29) is 43.3 Å². The minimum atomic E-state index is -1.87. The highest BCUT2D eigenvalue weighted by molar-refractivity contribution is 7.43. The average molecular weight is 939 g/mol. The van der Waals surface area contributed by atoms with E-state index in [1.807, 2.05) is 0 Å². The molecule has 0 fully saturated rings. The van der Waals surface area contributed by atoms with E-state index in [2.05, 4.69) is 215 Å². The van der Waals surface area contributed by atoms with Crippen LogP contribution in [0.4, 0.5) is 0 Å². The van der Waals surface area contributed by atoms with E-state index < -0.39 is 17.2 Å². The Hall–Kier alpha value is -3.14. The van der Waals surface area contributed by atoms with Gasteiger partial charge in [0.1, 0.15) is 23.0 Å². The predicted octanol–water partition coefficient (Wildman–Crippen LogP) is 18.2. The first kappa shape index (κ1) is 52.2. The number of fused-ring (bicyclic) bond motifs is 2. The minimum absolute atomic E-state index is 0.0323. The molecule has 6 nitrogen and oxygen atoms in total. The van der Waals surface area contributed by atoms with Crippen molar-refractivity contribution in [2.45, 2.75) is 223 Å². The van der Waals surface area contributed by atoms with Crippen LogP contribution in [0.3, 0.4) is 0 Å². The van der Waals surface area contributed by atoms with Crippen molar-refractivity contribution in [2.24, 2.45) is 0 Å². The molecule has 0 spiro atoms. The Bertz CT molecular complexity index is 2290.